The number of thiazole rings is 1. The number of carbonyl (C=O) groups excluding carboxylic acids is 2. The molecule has 0 amide bonds. The Bertz CT molecular complexity index is 1940. The van der Waals surface area contributed by atoms with Crippen LogP contribution < -0.4 is 5.32 Å². The summed E-state index contributed by atoms with van der Waals surface area (Å²) in [7, 11) is 9.16. The molecule has 5 unspecified atom stereocenters. The van der Waals surface area contributed by atoms with E-state index in [2.05, 4.69) is 69.4 Å². The molecule has 17 atom stereocenters. The number of methoxy groups -OCH3 is 3. The average molecular weight is 894 g/mol. The van der Waals surface area contributed by atoms with E-state index in [0.717, 1.165) is 60.6 Å². The Hall–Kier alpha value is -2.79. The van der Waals surface area contributed by atoms with Gasteiger partial charge in [0.2, 0.25) is 0 Å². The van der Waals surface area contributed by atoms with Crippen molar-refractivity contribution < 1.29 is 47.5 Å². The number of ether oxygens (including phenoxy) is 8. The van der Waals surface area contributed by atoms with E-state index >= 15 is 4.79 Å². The number of allylic oxidation sites excluding steroid dienone is 2. The lowest BCUT2D eigenvalue weighted by Gasteiger charge is -2.44. The van der Waals surface area contributed by atoms with Gasteiger partial charge in [0.25, 0.3) is 0 Å². The van der Waals surface area contributed by atoms with Crippen LogP contribution in [0.5, 0.6) is 0 Å². The van der Waals surface area contributed by atoms with Gasteiger partial charge >= 0.3 is 5.97 Å². The Kier molecular flexibility index (Phi) is 14.8. The lowest BCUT2D eigenvalue weighted by molar-refractivity contribution is -0.314. The third-order valence-electron chi connectivity index (χ3n) is 15.2. The van der Waals surface area contributed by atoms with E-state index in [1.807, 2.05) is 19.9 Å². The summed E-state index contributed by atoms with van der Waals surface area (Å²) in [5.74, 6) is -1.02. The molecule has 63 heavy (non-hydrogen) atoms. The van der Waals surface area contributed by atoms with Crippen LogP contribution in [0.1, 0.15) is 113 Å². The van der Waals surface area contributed by atoms with E-state index in [4.69, 9.17) is 42.9 Å². The summed E-state index contributed by atoms with van der Waals surface area (Å²) < 4.78 is 50.6. The molecule has 4 fully saturated rings. The molecule has 0 bridgehead atoms. The van der Waals surface area contributed by atoms with Gasteiger partial charge in [0, 0.05) is 61.6 Å². The SMILES string of the molecule is CC[C@H]1CCC[C@H](O[C@H]2CC[C@H](N(C)C)C(C)O2)[C@@H](C)C(=O)C2=C[C@@H]3C(c4nc(Nc5cccc(C)c5)sc4C4C[C@@H](O[C@@H]5OC(C)[C@H](OC)C(OC)[C@@H]5OC)C[C@H]43)[C@@H]2CC(=O)O1. The minimum atomic E-state index is -0.663. The summed E-state index contributed by atoms with van der Waals surface area (Å²) in [5.41, 5.74) is 3.79. The van der Waals surface area contributed by atoms with Crippen LogP contribution in [0.25, 0.3) is 0 Å². The zero-order chi connectivity index (χ0) is 44.7. The lowest BCUT2D eigenvalue weighted by Crippen LogP contribution is -2.59. The fraction of sp³-hybridized carbons (Fsp3) is 0.735. The van der Waals surface area contributed by atoms with E-state index < -0.39 is 24.2 Å². The number of likely N-dealkylation sites (N-methyl/N-ethyl adjacent to an activating group) is 1. The summed E-state index contributed by atoms with van der Waals surface area (Å²) in [6.45, 7) is 10.3. The third-order valence-corrected chi connectivity index (χ3v) is 16.3. The highest BCUT2D eigenvalue weighted by molar-refractivity contribution is 7.15. The zero-order valence-corrected chi connectivity index (χ0v) is 39.8. The van der Waals surface area contributed by atoms with Crippen molar-refractivity contribution in [3.8, 4) is 0 Å². The van der Waals surface area contributed by atoms with Crippen molar-refractivity contribution in [3.63, 3.8) is 0 Å². The number of ketones is 1. The molecule has 13 nitrogen and oxygen atoms in total. The van der Waals surface area contributed by atoms with Crippen LogP contribution in [0.2, 0.25) is 0 Å². The highest BCUT2D eigenvalue weighted by Gasteiger charge is 2.57. The van der Waals surface area contributed by atoms with Crippen LogP contribution in [0.3, 0.4) is 0 Å². The van der Waals surface area contributed by atoms with E-state index in [1.165, 1.54) is 4.88 Å². The zero-order valence-electron chi connectivity index (χ0n) is 39.0. The van der Waals surface area contributed by atoms with E-state index in [9.17, 15) is 4.79 Å². The molecule has 0 radical (unpaired) electrons. The van der Waals surface area contributed by atoms with Crippen molar-refractivity contribution in [2.24, 2.45) is 23.7 Å². The second kappa shape index (κ2) is 20.0. The first-order valence-electron chi connectivity index (χ1n) is 23.5. The summed E-state index contributed by atoms with van der Waals surface area (Å²) in [4.78, 5) is 38.1. The molecule has 0 spiro atoms. The molecule has 8 rings (SSSR count). The fourth-order valence-corrected chi connectivity index (χ4v) is 13.2. The standard InChI is InChI=1S/C49H71N3O10S/c1-11-30-16-13-17-38(62-40-19-18-37(52(6)7)27(4)58-40)26(3)43(54)35-23-33-32-21-31(61-48-46(57-10)45(56-9)44(55-8)28(5)59-48)22-36(32)47-42(41(33)34(35)24-39(53)60-30)51-49(63-47)50-29-15-12-14-25(2)20-29/h12,14-15,20,23,26-28,30-34,36-38,40-41,44-46,48H,11,13,16-19,21-22,24H2,1-10H3,(H,50,51)/t26-,27?,28?,30+,31+,32+,33+,34-,36?,37+,38+,40+,41?,44+,45?,46+,48+/m1/s1. The highest BCUT2D eigenvalue weighted by Crippen LogP contribution is 2.63. The fourth-order valence-electron chi connectivity index (χ4n) is 12.0. The normalized spacial score (nSPS) is 39.6. The number of carbonyl (C=O) groups is 2. The van der Waals surface area contributed by atoms with Crippen LogP contribution in [0, 0.1) is 30.6 Å². The van der Waals surface area contributed by atoms with Gasteiger partial charge in [-0.3, -0.25) is 9.59 Å². The van der Waals surface area contributed by atoms with Gasteiger partial charge in [0.15, 0.2) is 23.5 Å². The molecule has 3 aliphatic heterocycles. The van der Waals surface area contributed by atoms with Crippen LogP contribution in [-0.4, -0.2) is 125 Å². The Morgan fingerprint density at radius 2 is 1.68 bits per heavy atom. The van der Waals surface area contributed by atoms with Gasteiger partial charge in [0.1, 0.15) is 24.4 Å². The van der Waals surface area contributed by atoms with Crippen molar-refractivity contribution in [1.82, 2.24) is 9.88 Å². The molecule has 1 aromatic carbocycles. The Morgan fingerprint density at radius 1 is 0.905 bits per heavy atom. The maximum atomic E-state index is 15.2. The number of aryl methyl sites for hydroxylation is 1. The second-order valence-electron chi connectivity index (χ2n) is 19.3. The van der Waals surface area contributed by atoms with Crippen LogP contribution in [0.15, 0.2) is 35.9 Å². The molecular formula is C49H71N3O10S. The number of Topliss-reactive ketones (excluding diaryl/α,β-unsaturated/α-hetero) is 1. The van der Waals surface area contributed by atoms with E-state index in [1.54, 1.807) is 32.7 Å². The number of fused-ring (bicyclic) bond motifs is 8. The molecule has 3 saturated heterocycles. The van der Waals surface area contributed by atoms with Gasteiger partial charge in [0.05, 0.1) is 36.5 Å². The van der Waals surface area contributed by atoms with Crippen LogP contribution in [-0.2, 0) is 47.5 Å². The number of nitrogens with zero attached hydrogens (tertiary/aromatic N) is 2. The van der Waals surface area contributed by atoms with Crippen LogP contribution >= 0.6 is 11.3 Å². The lowest BCUT2D eigenvalue weighted by atomic mass is 9.67. The molecule has 6 aliphatic rings. The molecule has 4 heterocycles. The average Bonchev–Trinajstić information content (AvgIpc) is 3.97. The number of hydrogen-bond acceptors (Lipinski definition) is 14. The summed E-state index contributed by atoms with van der Waals surface area (Å²) in [5, 5.41) is 4.41. The number of hydrogen-bond donors (Lipinski definition) is 1. The predicted molar refractivity (Wildman–Crippen MR) is 240 cm³/mol. The smallest absolute Gasteiger partial charge is 0.306 e. The third kappa shape index (κ3) is 9.58. The van der Waals surface area contributed by atoms with Crippen LogP contribution in [0.4, 0.5) is 10.8 Å². The first kappa shape index (κ1) is 46.7. The second-order valence-corrected chi connectivity index (χ2v) is 20.3. The van der Waals surface area contributed by atoms with Crippen molar-refractivity contribution in [2.75, 3.05) is 40.7 Å². The molecule has 1 aromatic heterocycles. The number of aromatic nitrogens is 1. The van der Waals surface area contributed by atoms with Gasteiger partial charge < -0.3 is 48.1 Å². The van der Waals surface area contributed by atoms with Crippen molar-refractivity contribution >= 4 is 33.9 Å². The summed E-state index contributed by atoms with van der Waals surface area (Å²) >= 11 is 1.68. The van der Waals surface area contributed by atoms with E-state index in [0.29, 0.717) is 24.5 Å². The Morgan fingerprint density at radius 3 is 2.38 bits per heavy atom. The predicted octanol–water partition coefficient (Wildman–Crippen LogP) is 8.07. The summed E-state index contributed by atoms with van der Waals surface area (Å²) in [6, 6.07) is 8.60. The van der Waals surface area contributed by atoms with Gasteiger partial charge in [-0.2, -0.15) is 0 Å². The molecule has 1 N–H and O–H groups in total. The molecular weight excluding hydrogens is 823 g/mol. The summed E-state index contributed by atoms with van der Waals surface area (Å²) in [6.07, 6.45) is 5.23. The molecule has 1 saturated carbocycles. The Balaban J connectivity index is 1.13. The minimum absolute atomic E-state index is 0.00633. The maximum absolute atomic E-state index is 15.2. The van der Waals surface area contributed by atoms with Gasteiger partial charge in [-0.15, -0.1) is 11.3 Å². The molecule has 14 heteroatoms. The quantitative estimate of drug-likeness (QED) is 0.218. The number of cyclic esters (lactones) is 1. The minimum Gasteiger partial charge on any atom is -0.462 e. The first-order chi connectivity index (χ1) is 30.3. The molecule has 2 aromatic rings. The molecule has 348 valence electrons. The number of esters is 1. The topological polar surface area (TPSA) is 136 Å². The maximum Gasteiger partial charge on any atom is 0.306 e. The largest absolute Gasteiger partial charge is 0.462 e. The first-order valence-corrected chi connectivity index (χ1v) is 24.3. The highest BCUT2D eigenvalue weighted by atomic mass is 32.1. The number of anilines is 2. The van der Waals surface area contributed by atoms with Gasteiger partial charge in [-0.25, -0.2) is 4.98 Å². The number of rotatable bonds is 11. The van der Waals surface area contributed by atoms with Gasteiger partial charge in [-0.1, -0.05) is 32.1 Å². The van der Waals surface area contributed by atoms with Crippen molar-refractivity contribution in [3.05, 3.63) is 52.0 Å². The van der Waals surface area contributed by atoms with E-state index in [-0.39, 0.29) is 90.9 Å². The van der Waals surface area contributed by atoms with Crippen molar-refractivity contribution in [2.45, 2.75) is 172 Å². The monoisotopic (exact) mass is 893 g/mol. The number of benzene rings is 1. The Labute approximate surface area is 378 Å². The molecule has 3 aliphatic carbocycles. The van der Waals surface area contributed by atoms with Crippen molar-refractivity contribution in [1.29, 1.82) is 0 Å². The number of nitrogens with one attached hydrogen (secondary N) is 1. The van der Waals surface area contributed by atoms with Gasteiger partial charge in [-0.05, 0) is 121 Å².